The van der Waals surface area contributed by atoms with Crippen LogP contribution in [0.3, 0.4) is 0 Å². The summed E-state index contributed by atoms with van der Waals surface area (Å²) in [6, 6.07) is 16.5. The van der Waals surface area contributed by atoms with Gasteiger partial charge in [0.15, 0.2) is 16.3 Å². The van der Waals surface area contributed by atoms with Crippen LogP contribution in [0.2, 0.25) is 0 Å². The summed E-state index contributed by atoms with van der Waals surface area (Å²) >= 11 is 3.37. The van der Waals surface area contributed by atoms with E-state index in [9.17, 15) is 14.0 Å². The Balaban J connectivity index is 1.52. The molecule has 3 aromatic carbocycles. The molecule has 1 atom stereocenters. The van der Waals surface area contributed by atoms with E-state index in [-0.39, 0.29) is 23.6 Å². The number of hydrogen-bond donors (Lipinski definition) is 0. The molecule has 222 valence electrons. The Labute approximate surface area is 264 Å². The molecule has 5 rings (SSSR count). The van der Waals surface area contributed by atoms with Crippen molar-refractivity contribution in [1.29, 1.82) is 0 Å². The molecule has 0 bridgehead atoms. The maximum atomic E-state index is 14.0. The fourth-order valence-electron chi connectivity index (χ4n) is 4.63. The molecule has 11 heteroatoms. The van der Waals surface area contributed by atoms with Gasteiger partial charge in [0.1, 0.15) is 18.2 Å². The van der Waals surface area contributed by atoms with Crippen molar-refractivity contribution in [3.8, 4) is 17.2 Å². The van der Waals surface area contributed by atoms with E-state index < -0.39 is 12.0 Å². The lowest BCUT2D eigenvalue weighted by Gasteiger charge is -2.23. The second kappa shape index (κ2) is 13.6. The molecule has 43 heavy (non-hydrogen) atoms. The van der Waals surface area contributed by atoms with Gasteiger partial charge < -0.3 is 18.9 Å². The van der Waals surface area contributed by atoms with E-state index in [4.69, 9.17) is 18.9 Å². The van der Waals surface area contributed by atoms with Gasteiger partial charge in [0.2, 0.25) is 0 Å². The Hall–Kier alpha value is -3.97. The van der Waals surface area contributed by atoms with Crippen molar-refractivity contribution < 1.29 is 28.1 Å². The highest BCUT2D eigenvalue weighted by Crippen LogP contribution is 2.35. The fourth-order valence-corrected chi connectivity index (χ4v) is 6.30. The second-order valence-corrected chi connectivity index (χ2v) is 11.5. The molecule has 0 spiro atoms. The third-order valence-electron chi connectivity index (χ3n) is 6.60. The molecule has 1 aromatic heterocycles. The number of methoxy groups -OCH3 is 1. The zero-order chi connectivity index (χ0) is 30.5. The lowest BCUT2D eigenvalue weighted by atomic mass is 9.97. The number of thiazole rings is 1. The summed E-state index contributed by atoms with van der Waals surface area (Å²) in [6.07, 6.45) is 3.22. The van der Waals surface area contributed by atoms with Gasteiger partial charge in [-0.3, -0.25) is 9.36 Å². The molecule has 0 saturated carbocycles. The summed E-state index contributed by atoms with van der Waals surface area (Å²) in [4.78, 5) is 31.6. The highest BCUT2D eigenvalue weighted by atomic mass is 127. The molecule has 0 unspecified atom stereocenters. The van der Waals surface area contributed by atoms with Gasteiger partial charge in [-0.15, -0.1) is 0 Å². The quantitative estimate of drug-likeness (QED) is 0.167. The zero-order valence-corrected chi connectivity index (χ0v) is 26.6. The number of esters is 1. The van der Waals surface area contributed by atoms with E-state index in [2.05, 4.69) is 27.6 Å². The smallest absolute Gasteiger partial charge is 0.337 e. The predicted molar refractivity (Wildman–Crippen MR) is 170 cm³/mol. The van der Waals surface area contributed by atoms with E-state index >= 15 is 0 Å². The van der Waals surface area contributed by atoms with Gasteiger partial charge in [-0.05, 0) is 84.0 Å². The van der Waals surface area contributed by atoms with Gasteiger partial charge in [0.25, 0.3) is 5.56 Å². The summed E-state index contributed by atoms with van der Waals surface area (Å²) < 4.78 is 39.1. The molecule has 0 fully saturated rings. The molecule has 0 N–H and O–H groups in total. The first-order valence-electron chi connectivity index (χ1n) is 13.5. The average molecular weight is 715 g/mol. The molecule has 0 aliphatic carbocycles. The van der Waals surface area contributed by atoms with Crippen LogP contribution in [0.5, 0.6) is 17.2 Å². The number of halogens is 2. The van der Waals surface area contributed by atoms with Crippen LogP contribution in [0.4, 0.5) is 4.39 Å². The van der Waals surface area contributed by atoms with Crippen LogP contribution >= 0.6 is 33.9 Å². The number of carbonyl (C=O) groups excluding carboxylic acids is 1. The fraction of sp³-hybridized carbons (Fsp3) is 0.219. The second-order valence-electron chi connectivity index (χ2n) is 9.32. The number of fused-ring (bicyclic) bond motifs is 1. The number of aromatic nitrogens is 1. The van der Waals surface area contributed by atoms with Gasteiger partial charge in [-0.1, -0.05) is 41.7 Å². The van der Waals surface area contributed by atoms with E-state index in [1.807, 2.05) is 26.0 Å². The number of carbonyl (C=O) groups is 1. The number of ether oxygens (including phenoxy) is 4. The Morgan fingerprint density at radius 1 is 1.02 bits per heavy atom. The minimum atomic E-state index is -0.782. The molecule has 0 saturated heterocycles. The summed E-state index contributed by atoms with van der Waals surface area (Å²) in [6.45, 7) is 4.72. The lowest BCUT2D eigenvalue weighted by Crippen LogP contribution is -2.39. The van der Waals surface area contributed by atoms with Crippen molar-refractivity contribution in [1.82, 2.24) is 4.57 Å². The maximum Gasteiger partial charge on any atom is 0.337 e. The number of nitrogens with zero attached hydrogens (tertiary/aromatic N) is 2. The summed E-state index contributed by atoms with van der Waals surface area (Å²) in [7, 11) is 1.29. The van der Waals surface area contributed by atoms with Crippen LogP contribution in [0.1, 0.15) is 36.6 Å². The molecule has 2 heterocycles. The van der Waals surface area contributed by atoms with E-state index in [0.29, 0.717) is 50.9 Å². The normalized spacial score (nSPS) is 14.4. The summed E-state index contributed by atoms with van der Waals surface area (Å²) in [5, 5.41) is 0. The van der Waals surface area contributed by atoms with Gasteiger partial charge in [-0.2, -0.15) is 0 Å². The largest absolute Gasteiger partial charge is 0.490 e. The first kappa shape index (κ1) is 30.5. The van der Waals surface area contributed by atoms with Crippen molar-refractivity contribution in [3.63, 3.8) is 0 Å². The Bertz CT molecular complexity index is 1880. The average Bonchev–Trinajstić information content (AvgIpc) is 3.32. The van der Waals surface area contributed by atoms with Crippen LogP contribution in [-0.2, 0) is 16.1 Å². The van der Waals surface area contributed by atoms with Crippen LogP contribution < -0.4 is 29.1 Å². The highest BCUT2D eigenvalue weighted by molar-refractivity contribution is 14.1. The summed E-state index contributed by atoms with van der Waals surface area (Å²) in [5.74, 6) is 0.774. The topological polar surface area (TPSA) is 88.4 Å². The van der Waals surface area contributed by atoms with Crippen molar-refractivity contribution in [3.05, 3.63) is 118 Å². The SMILES string of the molecule is CCOc1ccc([C@@H]2C(C(=O)OC)=CN=c3s/c(=C\c4ccc(OCc5ccccc5F)c(I)c4)c(=O)n32)cc1OCC. The lowest BCUT2D eigenvalue weighted by molar-refractivity contribution is -0.136. The molecular weight excluding hydrogens is 686 g/mol. The third-order valence-corrected chi connectivity index (χ3v) is 8.44. The highest BCUT2D eigenvalue weighted by Gasteiger charge is 2.31. The van der Waals surface area contributed by atoms with Crippen molar-refractivity contribution >= 4 is 46.0 Å². The van der Waals surface area contributed by atoms with Gasteiger partial charge in [0, 0.05) is 11.8 Å². The van der Waals surface area contributed by atoms with Crippen molar-refractivity contribution in [2.75, 3.05) is 20.3 Å². The Kier molecular flexibility index (Phi) is 9.61. The molecule has 1 aliphatic rings. The Morgan fingerprint density at radius 3 is 2.49 bits per heavy atom. The van der Waals surface area contributed by atoms with Gasteiger partial charge >= 0.3 is 5.97 Å². The van der Waals surface area contributed by atoms with E-state index in [1.54, 1.807) is 48.5 Å². The third kappa shape index (κ3) is 6.52. The molecule has 1 aliphatic heterocycles. The zero-order valence-electron chi connectivity index (χ0n) is 23.6. The number of rotatable bonds is 10. The minimum Gasteiger partial charge on any atom is -0.490 e. The van der Waals surface area contributed by atoms with Crippen LogP contribution in [0.25, 0.3) is 6.08 Å². The van der Waals surface area contributed by atoms with Gasteiger partial charge in [-0.25, -0.2) is 14.2 Å². The minimum absolute atomic E-state index is 0.0969. The summed E-state index contributed by atoms with van der Waals surface area (Å²) in [5.41, 5.74) is 1.81. The molecular formula is C32H28FIN2O6S. The monoisotopic (exact) mass is 714 g/mol. The van der Waals surface area contributed by atoms with Crippen LogP contribution in [-0.4, -0.2) is 30.9 Å². The van der Waals surface area contributed by atoms with Crippen LogP contribution in [0.15, 0.2) is 82.2 Å². The molecule has 8 nitrogen and oxygen atoms in total. The van der Waals surface area contributed by atoms with E-state index in [1.165, 1.54) is 35.3 Å². The van der Waals surface area contributed by atoms with Crippen LogP contribution in [0, 0.1) is 9.39 Å². The number of hydrogen-bond acceptors (Lipinski definition) is 8. The van der Waals surface area contributed by atoms with Gasteiger partial charge in [0.05, 0.1) is 40.0 Å². The molecule has 0 amide bonds. The van der Waals surface area contributed by atoms with Crippen molar-refractivity contribution in [2.24, 2.45) is 4.99 Å². The van der Waals surface area contributed by atoms with E-state index in [0.717, 1.165) is 9.13 Å². The molecule has 0 radical (unpaired) electrons. The first-order valence-corrected chi connectivity index (χ1v) is 15.4. The predicted octanol–water partition coefficient (Wildman–Crippen LogP) is 5.14. The first-order chi connectivity index (χ1) is 20.8. The number of benzene rings is 3. The maximum absolute atomic E-state index is 14.0. The Morgan fingerprint density at radius 2 is 1.77 bits per heavy atom. The molecule has 4 aromatic rings. The van der Waals surface area contributed by atoms with Crippen molar-refractivity contribution in [2.45, 2.75) is 26.5 Å². The standard InChI is InChI=1S/C32H28FIN2O6S/c1-4-40-26-13-11-20(16-27(26)41-5-2)29-22(31(38)39-3)17-35-32-36(29)30(37)28(43-32)15-19-10-12-25(24(34)14-19)42-18-21-8-6-7-9-23(21)33/h6-17,29H,4-5,18H2,1-3H3/b28-15-/t29-/m1/s1.